The van der Waals surface area contributed by atoms with Crippen LogP contribution in [0.5, 0.6) is 0 Å². The van der Waals surface area contributed by atoms with Crippen molar-refractivity contribution in [1.82, 2.24) is 15.2 Å². The first-order valence-corrected chi connectivity index (χ1v) is 6.19. The zero-order valence-corrected chi connectivity index (χ0v) is 11.7. The summed E-state index contributed by atoms with van der Waals surface area (Å²) in [5, 5.41) is 3.33. The smallest absolute Gasteiger partial charge is 0.272 e. The summed E-state index contributed by atoms with van der Waals surface area (Å²) in [7, 11) is 0. The van der Waals surface area contributed by atoms with Crippen LogP contribution in [-0.2, 0) is 6.42 Å². The summed E-state index contributed by atoms with van der Waals surface area (Å²) in [6.07, 6.45) is 2.54. The molecule has 1 saturated heterocycles. The van der Waals surface area contributed by atoms with Crippen molar-refractivity contribution in [2.45, 2.75) is 26.3 Å². The van der Waals surface area contributed by atoms with E-state index in [0.29, 0.717) is 11.7 Å². The van der Waals surface area contributed by atoms with Crippen LogP contribution in [0, 0.1) is 0 Å². The van der Waals surface area contributed by atoms with Gasteiger partial charge in [-0.25, -0.2) is 0 Å². The molecule has 0 aliphatic carbocycles. The lowest BCUT2D eigenvalue weighted by molar-refractivity contribution is 0.0702. The molecule has 5 heteroatoms. The maximum Gasteiger partial charge on any atom is 0.272 e. The quantitative estimate of drug-likeness (QED) is 0.885. The standard InChI is InChI=1S/C13H19N3O.ClH/c1-3-11-5-4-6-15-12(11)13(17)16-8-7-14-10(2)9-16;/h4-6,10,14H,3,7-9H2,1-2H3;1H/t10-;/m1./s1. The number of hydrogen-bond acceptors (Lipinski definition) is 3. The molecule has 18 heavy (non-hydrogen) atoms. The Balaban J connectivity index is 0.00000162. The minimum absolute atomic E-state index is 0. The Morgan fingerprint density at radius 1 is 1.61 bits per heavy atom. The van der Waals surface area contributed by atoms with Gasteiger partial charge < -0.3 is 10.2 Å². The second-order valence-corrected chi connectivity index (χ2v) is 4.47. The highest BCUT2D eigenvalue weighted by Crippen LogP contribution is 2.11. The fourth-order valence-electron chi connectivity index (χ4n) is 2.18. The van der Waals surface area contributed by atoms with Crippen molar-refractivity contribution in [2.24, 2.45) is 0 Å². The first kappa shape index (κ1) is 14.9. The van der Waals surface area contributed by atoms with Crippen molar-refractivity contribution in [1.29, 1.82) is 0 Å². The highest BCUT2D eigenvalue weighted by molar-refractivity contribution is 5.93. The molecule has 1 aromatic rings. The number of hydrogen-bond donors (Lipinski definition) is 1. The van der Waals surface area contributed by atoms with Gasteiger partial charge in [0, 0.05) is 31.9 Å². The Labute approximate surface area is 114 Å². The predicted octanol–water partition coefficient (Wildman–Crippen LogP) is 1.50. The Hall–Kier alpha value is -1.13. The minimum Gasteiger partial charge on any atom is -0.334 e. The van der Waals surface area contributed by atoms with Crippen molar-refractivity contribution in [3.8, 4) is 0 Å². The lowest BCUT2D eigenvalue weighted by atomic mass is 10.1. The number of pyridine rings is 1. The van der Waals surface area contributed by atoms with Gasteiger partial charge in [0.15, 0.2) is 0 Å². The molecule has 2 rings (SSSR count). The maximum atomic E-state index is 12.4. The van der Waals surface area contributed by atoms with Crippen LogP contribution < -0.4 is 5.32 Å². The third kappa shape index (κ3) is 3.21. The van der Waals surface area contributed by atoms with E-state index in [4.69, 9.17) is 0 Å². The molecule has 1 fully saturated rings. The molecule has 0 aromatic carbocycles. The number of amides is 1. The van der Waals surface area contributed by atoms with Crippen LogP contribution in [0.3, 0.4) is 0 Å². The Morgan fingerprint density at radius 2 is 2.39 bits per heavy atom. The average molecular weight is 270 g/mol. The molecule has 1 amide bonds. The van der Waals surface area contributed by atoms with E-state index in [2.05, 4.69) is 17.2 Å². The summed E-state index contributed by atoms with van der Waals surface area (Å²) in [5.74, 6) is 0.0656. The third-order valence-corrected chi connectivity index (χ3v) is 3.13. The summed E-state index contributed by atoms with van der Waals surface area (Å²) in [4.78, 5) is 18.5. The van der Waals surface area contributed by atoms with E-state index in [1.54, 1.807) is 6.20 Å². The van der Waals surface area contributed by atoms with Gasteiger partial charge >= 0.3 is 0 Å². The molecule has 1 aromatic heterocycles. The number of aryl methyl sites for hydroxylation is 1. The number of nitrogens with zero attached hydrogens (tertiary/aromatic N) is 2. The zero-order valence-electron chi connectivity index (χ0n) is 10.8. The molecule has 0 spiro atoms. The molecule has 0 saturated carbocycles. The van der Waals surface area contributed by atoms with Crippen molar-refractivity contribution in [3.05, 3.63) is 29.6 Å². The molecule has 0 bridgehead atoms. The fourth-order valence-corrected chi connectivity index (χ4v) is 2.18. The molecule has 2 heterocycles. The van der Waals surface area contributed by atoms with Crippen molar-refractivity contribution >= 4 is 18.3 Å². The second kappa shape index (κ2) is 6.71. The minimum atomic E-state index is 0. The van der Waals surface area contributed by atoms with Gasteiger partial charge in [0.25, 0.3) is 5.91 Å². The number of piperazine rings is 1. The van der Waals surface area contributed by atoms with Gasteiger partial charge in [-0.05, 0) is 25.0 Å². The lowest BCUT2D eigenvalue weighted by Crippen LogP contribution is -2.51. The van der Waals surface area contributed by atoms with E-state index in [1.807, 2.05) is 24.0 Å². The van der Waals surface area contributed by atoms with E-state index >= 15 is 0 Å². The van der Waals surface area contributed by atoms with Gasteiger partial charge in [-0.1, -0.05) is 13.0 Å². The third-order valence-electron chi connectivity index (χ3n) is 3.13. The number of aromatic nitrogens is 1. The molecule has 1 aliphatic heterocycles. The predicted molar refractivity (Wildman–Crippen MR) is 74.2 cm³/mol. The monoisotopic (exact) mass is 269 g/mol. The first-order chi connectivity index (χ1) is 8.22. The number of rotatable bonds is 2. The molecule has 1 N–H and O–H groups in total. The summed E-state index contributed by atoms with van der Waals surface area (Å²) < 4.78 is 0. The molecule has 0 unspecified atom stereocenters. The highest BCUT2D eigenvalue weighted by atomic mass is 35.5. The van der Waals surface area contributed by atoms with Crippen LogP contribution >= 0.6 is 12.4 Å². The lowest BCUT2D eigenvalue weighted by Gasteiger charge is -2.32. The number of halogens is 1. The van der Waals surface area contributed by atoms with E-state index in [9.17, 15) is 4.79 Å². The number of carbonyl (C=O) groups excluding carboxylic acids is 1. The topological polar surface area (TPSA) is 45.2 Å². The van der Waals surface area contributed by atoms with Gasteiger partial charge in [0.05, 0.1) is 0 Å². The van der Waals surface area contributed by atoms with Crippen LogP contribution in [0.1, 0.15) is 29.9 Å². The SMILES string of the molecule is CCc1cccnc1C(=O)N1CCN[C@H](C)C1.Cl. The largest absolute Gasteiger partial charge is 0.334 e. The summed E-state index contributed by atoms with van der Waals surface area (Å²) in [6.45, 7) is 6.54. The van der Waals surface area contributed by atoms with Crippen molar-refractivity contribution in [3.63, 3.8) is 0 Å². The molecule has 1 aliphatic rings. The van der Waals surface area contributed by atoms with Crippen LogP contribution in [0.15, 0.2) is 18.3 Å². The van der Waals surface area contributed by atoms with Crippen molar-refractivity contribution in [2.75, 3.05) is 19.6 Å². The maximum absolute atomic E-state index is 12.4. The summed E-state index contributed by atoms with van der Waals surface area (Å²) in [5.41, 5.74) is 1.65. The first-order valence-electron chi connectivity index (χ1n) is 6.19. The van der Waals surface area contributed by atoms with E-state index in [0.717, 1.165) is 31.6 Å². The fraction of sp³-hybridized carbons (Fsp3) is 0.538. The van der Waals surface area contributed by atoms with Gasteiger partial charge in [0.1, 0.15) is 5.69 Å². The average Bonchev–Trinajstić information content (AvgIpc) is 2.38. The normalized spacial score (nSPS) is 19.2. The van der Waals surface area contributed by atoms with Crippen LogP contribution in [0.25, 0.3) is 0 Å². The molecule has 4 nitrogen and oxygen atoms in total. The molecular weight excluding hydrogens is 250 g/mol. The van der Waals surface area contributed by atoms with Gasteiger partial charge in [-0.15, -0.1) is 12.4 Å². The van der Waals surface area contributed by atoms with E-state index < -0.39 is 0 Å². The second-order valence-electron chi connectivity index (χ2n) is 4.47. The van der Waals surface area contributed by atoms with E-state index in [-0.39, 0.29) is 18.3 Å². The van der Waals surface area contributed by atoms with Gasteiger partial charge in [-0.3, -0.25) is 9.78 Å². The Kier molecular flexibility index (Phi) is 5.56. The molecular formula is C13H20ClN3O. The number of carbonyl (C=O) groups is 1. The molecule has 0 radical (unpaired) electrons. The Morgan fingerprint density at radius 3 is 3.06 bits per heavy atom. The summed E-state index contributed by atoms with van der Waals surface area (Å²) >= 11 is 0. The van der Waals surface area contributed by atoms with E-state index in [1.165, 1.54) is 0 Å². The summed E-state index contributed by atoms with van der Waals surface area (Å²) in [6, 6.07) is 4.23. The van der Waals surface area contributed by atoms with Crippen LogP contribution in [0.4, 0.5) is 0 Å². The van der Waals surface area contributed by atoms with Crippen LogP contribution in [0.2, 0.25) is 0 Å². The van der Waals surface area contributed by atoms with Crippen molar-refractivity contribution < 1.29 is 4.79 Å². The number of nitrogens with one attached hydrogen (secondary N) is 1. The zero-order chi connectivity index (χ0) is 12.3. The molecule has 100 valence electrons. The van der Waals surface area contributed by atoms with Crippen LogP contribution in [-0.4, -0.2) is 41.5 Å². The van der Waals surface area contributed by atoms with Gasteiger partial charge in [0.2, 0.25) is 0 Å². The highest BCUT2D eigenvalue weighted by Gasteiger charge is 2.23. The molecule has 1 atom stereocenters. The Bertz CT molecular complexity index is 411. The van der Waals surface area contributed by atoms with Gasteiger partial charge in [-0.2, -0.15) is 0 Å².